The summed E-state index contributed by atoms with van der Waals surface area (Å²) >= 11 is 0. The van der Waals surface area contributed by atoms with Crippen LogP contribution in [-0.4, -0.2) is 24.6 Å². The molecule has 0 fully saturated rings. The van der Waals surface area contributed by atoms with Gasteiger partial charge in [0.2, 0.25) is 0 Å². The number of hydrogen-bond donors (Lipinski definition) is 0. The van der Waals surface area contributed by atoms with Crippen molar-refractivity contribution in [2.75, 3.05) is 6.61 Å². The van der Waals surface area contributed by atoms with Crippen molar-refractivity contribution < 1.29 is 19.1 Å². The molecule has 0 amide bonds. The van der Waals surface area contributed by atoms with E-state index < -0.39 is 5.60 Å². The Labute approximate surface area is 84.6 Å². The van der Waals surface area contributed by atoms with E-state index in [0.717, 1.165) is 12.8 Å². The van der Waals surface area contributed by atoms with Gasteiger partial charge in [0.25, 0.3) is 0 Å². The second-order valence-corrected chi connectivity index (χ2v) is 3.70. The average molecular weight is 201 g/mol. The smallest absolute Gasteiger partial charge is 0.418 e. The second kappa shape index (κ2) is 6.40. The van der Waals surface area contributed by atoms with E-state index in [-0.39, 0.29) is 12.4 Å². The van der Waals surface area contributed by atoms with E-state index in [1.54, 1.807) is 13.8 Å². The third-order valence-corrected chi connectivity index (χ3v) is 1.65. The summed E-state index contributed by atoms with van der Waals surface area (Å²) in [4.78, 5) is 21.1. The number of carbonyl (C=O) groups is 1. The summed E-state index contributed by atoms with van der Waals surface area (Å²) in [6.07, 6.45) is 1.90. The van der Waals surface area contributed by atoms with Crippen LogP contribution in [-0.2, 0) is 19.1 Å². The lowest BCUT2D eigenvalue weighted by molar-refractivity contribution is -0.147. The van der Waals surface area contributed by atoms with Crippen LogP contribution >= 0.6 is 0 Å². The first-order valence-corrected chi connectivity index (χ1v) is 4.72. The van der Waals surface area contributed by atoms with Crippen LogP contribution in [0.2, 0.25) is 0 Å². The SMILES string of the molecule is CCCCOC(=O)CC(C)(C)O[C]=O. The van der Waals surface area contributed by atoms with Gasteiger partial charge in [0.1, 0.15) is 5.60 Å². The summed E-state index contributed by atoms with van der Waals surface area (Å²) in [5, 5.41) is 0. The Morgan fingerprint density at radius 3 is 2.57 bits per heavy atom. The van der Waals surface area contributed by atoms with Gasteiger partial charge in [0, 0.05) is 0 Å². The van der Waals surface area contributed by atoms with Crippen LogP contribution in [0.1, 0.15) is 40.0 Å². The summed E-state index contributed by atoms with van der Waals surface area (Å²) in [5.74, 6) is -0.348. The van der Waals surface area contributed by atoms with Gasteiger partial charge in [-0.2, -0.15) is 0 Å². The highest BCUT2D eigenvalue weighted by Crippen LogP contribution is 2.13. The minimum atomic E-state index is -0.828. The fourth-order valence-electron chi connectivity index (χ4n) is 0.878. The molecule has 0 aromatic carbocycles. The van der Waals surface area contributed by atoms with Gasteiger partial charge in [-0.1, -0.05) is 13.3 Å². The van der Waals surface area contributed by atoms with Gasteiger partial charge >= 0.3 is 12.4 Å². The molecule has 14 heavy (non-hydrogen) atoms. The number of hydrogen-bond acceptors (Lipinski definition) is 4. The number of esters is 1. The molecular weight excluding hydrogens is 184 g/mol. The first-order valence-electron chi connectivity index (χ1n) is 4.72. The Kier molecular flexibility index (Phi) is 5.92. The van der Waals surface area contributed by atoms with Crippen LogP contribution in [0.25, 0.3) is 0 Å². The normalized spacial score (nSPS) is 10.8. The standard InChI is InChI=1S/C10H17O4/c1-4-5-6-13-9(12)7-10(2,3)14-8-11/h4-7H2,1-3H3. The predicted octanol–water partition coefficient (Wildman–Crippen LogP) is 1.58. The van der Waals surface area contributed by atoms with E-state index in [1.165, 1.54) is 6.47 Å². The molecule has 0 aromatic heterocycles. The van der Waals surface area contributed by atoms with Crippen LogP contribution in [0.4, 0.5) is 0 Å². The quantitative estimate of drug-likeness (QED) is 0.463. The van der Waals surface area contributed by atoms with Gasteiger partial charge in [-0.3, -0.25) is 4.79 Å². The Morgan fingerprint density at radius 1 is 1.43 bits per heavy atom. The van der Waals surface area contributed by atoms with Crippen molar-refractivity contribution in [3.8, 4) is 0 Å². The Balaban J connectivity index is 3.75. The predicted molar refractivity (Wildman–Crippen MR) is 51.3 cm³/mol. The molecule has 0 N–H and O–H groups in total. The molecule has 0 aliphatic rings. The van der Waals surface area contributed by atoms with E-state index in [9.17, 15) is 9.59 Å². The molecule has 1 radical (unpaired) electrons. The Hall–Kier alpha value is -1.06. The molecule has 0 rings (SSSR count). The molecule has 0 spiro atoms. The highest BCUT2D eigenvalue weighted by atomic mass is 16.6. The molecule has 4 nitrogen and oxygen atoms in total. The fraction of sp³-hybridized carbons (Fsp3) is 0.800. The topological polar surface area (TPSA) is 52.6 Å². The van der Waals surface area contributed by atoms with Gasteiger partial charge < -0.3 is 9.47 Å². The summed E-state index contributed by atoms with van der Waals surface area (Å²) in [6, 6.07) is 0. The first kappa shape index (κ1) is 12.9. The van der Waals surface area contributed by atoms with Crippen LogP contribution in [0.3, 0.4) is 0 Å². The maximum Gasteiger partial charge on any atom is 0.418 e. The minimum absolute atomic E-state index is 0.0615. The molecule has 0 heterocycles. The van der Waals surface area contributed by atoms with E-state index in [4.69, 9.17) is 4.74 Å². The lowest BCUT2D eigenvalue weighted by Crippen LogP contribution is -2.28. The zero-order valence-corrected chi connectivity index (χ0v) is 8.96. The summed E-state index contributed by atoms with van der Waals surface area (Å²) in [6.45, 7) is 7.04. The molecule has 0 aromatic rings. The van der Waals surface area contributed by atoms with Crippen LogP contribution in [0, 0.1) is 0 Å². The van der Waals surface area contributed by atoms with Crippen molar-refractivity contribution in [3.63, 3.8) is 0 Å². The monoisotopic (exact) mass is 201 g/mol. The summed E-state index contributed by atoms with van der Waals surface area (Å²) in [5.41, 5.74) is -0.828. The molecule has 0 atom stereocenters. The molecular formula is C10H17O4. The van der Waals surface area contributed by atoms with Crippen molar-refractivity contribution in [2.24, 2.45) is 0 Å². The van der Waals surface area contributed by atoms with Crippen LogP contribution in [0.15, 0.2) is 0 Å². The van der Waals surface area contributed by atoms with Crippen molar-refractivity contribution in [2.45, 2.75) is 45.6 Å². The third-order valence-electron chi connectivity index (χ3n) is 1.65. The van der Waals surface area contributed by atoms with Gasteiger partial charge in [-0.25, -0.2) is 4.79 Å². The van der Waals surface area contributed by atoms with E-state index in [1.807, 2.05) is 6.92 Å². The maximum atomic E-state index is 11.2. The highest BCUT2D eigenvalue weighted by Gasteiger charge is 2.24. The molecule has 0 aliphatic carbocycles. The molecule has 0 saturated heterocycles. The van der Waals surface area contributed by atoms with Gasteiger partial charge in [0.05, 0.1) is 13.0 Å². The largest absolute Gasteiger partial charge is 0.466 e. The minimum Gasteiger partial charge on any atom is -0.466 e. The number of ether oxygens (including phenoxy) is 2. The van der Waals surface area contributed by atoms with E-state index >= 15 is 0 Å². The molecule has 4 heteroatoms. The first-order chi connectivity index (χ1) is 6.52. The third kappa shape index (κ3) is 6.46. The maximum absolute atomic E-state index is 11.2. The van der Waals surface area contributed by atoms with Gasteiger partial charge in [0.15, 0.2) is 0 Å². The lowest BCUT2D eigenvalue weighted by atomic mass is 10.1. The molecule has 0 bridgehead atoms. The molecule has 81 valence electrons. The second-order valence-electron chi connectivity index (χ2n) is 3.70. The highest BCUT2D eigenvalue weighted by molar-refractivity contribution is 5.70. The van der Waals surface area contributed by atoms with Crippen molar-refractivity contribution in [3.05, 3.63) is 0 Å². The number of carbonyl (C=O) groups excluding carboxylic acids is 2. The Morgan fingerprint density at radius 2 is 2.07 bits per heavy atom. The number of rotatable bonds is 7. The fourth-order valence-corrected chi connectivity index (χ4v) is 0.878. The zero-order chi connectivity index (χ0) is 11.0. The van der Waals surface area contributed by atoms with Crippen molar-refractivity contribution in [1.82, 2.24) is 0 Å². The van der Waals surface area contributed by atoms with Crippen LogP contribution < -0.4 is 0 Å². The zero-order valence-electron chi connectivity index (χ0n) is 8.96. The van der Waals surface area contributed by atoms with Crippen molar-refractivity contribution in [1.29, 1.82) is 0 Å². The van der Waals surface area contributed by atoms with Gasteiger partial charge in [-0.15, -0.1) is 0 Å². The lowest BCUT2D eigenvalue weighted by Gasteiger charge is -2.20. The van der Waals surface area contributed by atoms with E-state index in [0.29, 0.717) is 6.61 Å². The average Bonchev–Trinajstić information content (AvgIpc) is 2.03. The van der Waals surface area contributed by atoms with Gasteiger partial charge in [-0.05, 0) is 20.3 Å². The summed E-state index contributed by atoms with van der Waals surface area (Å²) in [7, 11) is 0. The van der Waals surface area contributed by atoms with Crippen molar-refractivity contribution >= 4 is 12.4 Å². The molecule has 0 saturated carbocycles. The molecule has 0 aliphatic heterocycles. The summed E-state index contributed by atoms with van der Waals surface area (Å²) < 4.78 is 9.52. The Bertz CT molecular complexity index is 187. The number of unbranched alkanes of at least 4 members (excludes halogenated alkanes) is 1. The van der Waals surface area contributed by atoms with E-state index in [2.05, 4.69) is 4.74 Å². The van der Waals surface area contributed by atoms with Crippen LogP contribution in [0.5, 0.6) is 0 Å². The molecule has 0 unspecified atom stereocenters.